The van der Waals surface area contributed by atoms with Crippen molar-refractivity contribution in [2.45, 2.75) is 6.54 Å². The molecule has 0 bridgehead atoms. The van der Waals surface area contributed by atoms with Crippen LogP contribution in [0.15, 0.2) is 54.7 Å². The Labute approximate surface area is 128 Å². The van der Waals surface area contributed by atoms with E-state index in [2.05, 4.69) is 29.2 Å². The lowest BCUT2D eigenvalue weighted by Crippen LogP contribution is -2.26. The third-order valence-corrected chi connectivity index (χ3v) is 3.68. The van der Waals surface area contributed by atoms with Gasteiger partial charge in [-0.25, -0.2) is 0 Å². The van der Waals surface area contributed by atoms with Crippen LogP contribution in [0, 0.1) is 0 Å². The number of H-pyrrole nitrogens is 1. The molecule has 0 atom stereocenters. The van der Waals surface area contributed by atoms with E-state index >= 15 is 0 Å². The van der Waals surface area contributed by atoms with Gasteiger partial charge >= 0.3 is 0 Å². The molecule has 1 aromatic heterocycles. The van der Waals surface area contributed by atoms with E-state index in [1.807, 2.05) is 18.2 Å². The molecule has 1 heterocycles. The van der Waals surface area contributed by atoms with Crippen LogP contribution in [0.2, 0.25) is 5.02 Å². The van der Waals surface area contributed by atoms with Gasteiger partial charge in [-0.2, -0.15) is 0 Å². The number of nitrogens with zero attached hydrogens (tertiary/aromatic N) is 1. The molecule has 106 valence electrons. The molecule has 2 aromatic carbocycles. The number of hydrogen-bond donors (Lipinski definition) is 1. The maximum absolute atomic E-state index is 12.3. The molecule has 4 heteroatoms. The first-order chi connectivity index (χ1) is 10.1. The van der Waals surface area contributed by atoms with E-state index in [9.17, 15) is 4.79 Å². The number of fused-ring (bicyclic) bond motifs is 1. The van der Waals surface area contributed by atoms with Gasteiger partial charge in [0.05, 0.1) is 5.02 Å². The Kier molecular flexibility index (Phi) is 3.67. The van der Waals surface area contributed by atoms with Crippen LogP contribution in [-0.2, 0) is 6.54 Å². The molecule has 0 spiro atoms. The Bertz CT molecular complexity index is 794. The van der Waals surface area contributed by atoms with Crippen LogP contribution in [0.5, 0.6) is 0 Å². The van der Waals surface area contributed by atoms with Gasteiger partial charge in [0.25, 0.3) is 5.91 Å². The Balaban J connectivity index is 1.79. The molecule has 1 N–H and O–H groups in total. The fourth-order valence-corrected chi connectivity index (χ4v) is 2.54. The van der Waals surface area contributed by atoms with Crippen molar-refractivity contribution in [3.05, 3.63) is 71.0 Å². The largest absolute Gasteiger partial charge is 0.356 e. The molecular weight excluding hydrogens is 284 g/mol. The van der Waals surface area contributed by atoms with E-state index < -0.39 is 0 Å². The van der Waals surface area contributed by atoms with Crippen molar-refractivity contribution in [2.75, 3.05) is 7.05 Å². The Hall–Kier alpha value is -2.26. The lowest BCUT2D eigenvalue weighted by molar-refractivity contribution is 0.0780. The Morgan fingerprint density at radius 1 is 1.14 bits per heavy atom. The number of aromatic nitrogens is 1. The molecule has 0 unspecified atom stereocenters. The molecule has 0 saturated heterocycles. The summed E-state index contributed by atoms with van der Waals surface area (Å²) in [6, 6.07) is 16.1. The smallest absolute Gasteiger partial charge is 0.270 e. The van der Waals surface area contributed by atoms with E-state index in [0.717, 1.165) is 5.56 Å². The number of rotatable bonds is 3. The number of nitrogens with one attached hydrogen (secondary N) is 1. The van der Waals surface area contributed by atoms with Gasteiger partial charge in [-0.3, -0.25) is 4.79 Å². The Morgan fingerprint density at radius 2 is 1.90 bits per heavy atom. The third-order valence-electron chi connectivity index (χ3n) is 3.46. The maximum atomic E-state index is 12.3. The monoisotopic (exact) mass is 298 g/mol. The van der Waals surface area contributed by atoms with Crippen molar-refractivity contribution in [2.24, 2.45) is 0 Å². The molecule has 0 aliphatic rings. The molecule has 0 radical (unpaired) electrons. The zero-order valence-electron chi connectivity index (χ0n) is 11.6. The number of aromatic amines is 1. The number of carbonyl (C=O) groups excluding carboxylic acids is 1. The summed E-state index contributed by atoms with van der Waals surface area (Å²) in [4.78, 5) is 16.8. The van der Waals surface area contributed by atoms with Crippen LogP contribution in [-0.4, -0.2) is 22.8 Å². The van der Waals surface area contributed by atoms with Crippen molar-refractivity contribution in [1.82, 2.24) is 9.88 Å². The molecule has 0 aliphatic carbocycles. The van der Waals surface area contributed by atoms with E-state index in [0.29, 0.717) is 17.3 Å². The maximum Gasteiger partial charge on any atom is 0.270 e. The molecule has 0 aliphatic heterocycles. The summed E-state index contributed by atoms with van der Waals surface area (Å²) in [5.41, 5.74) is 1.60. The molecule has 21 heavy (non-hydrogen) atoms. The first kappa shape index (κ1) is 13.7. The van der Waals surface area contributed by atoms with Gasteiger partial charge in [-0.05, 0) is 28.5 Å². The summed E-state index contributed by atoms with van der Waals surface area (Å²) < 4.78 is 0. The predicted octanol–water partition coefficient (Wildman–Crippen LogP) is 4.09. The van der Waals surface area contributed by atoms with Gasteiger partial charge in [0.2, 0.25) is 0 Å². The minimum atomic E-state index is -0.0740. The zero-order valence-corrected chi connectivity index (χ0v) is 12.4. The summed E-state index contributed by atoms with van der Waals surface area (Å²) in [6.45, 7) is 0.556. The van der Waals surface area contributed by atoms with Crippen LogP contribution in [0.1, 0.15) is 16.1 Å². The van der Waals surface area contributed by atoms with E-state index in [1.165, 1.54) is 10.8 Å². The van der Waals surface area contributed by atoms with Gasteiger partial charge in [-0.1, -0.05) is 48.0 Å². The van der Waals surface area contributed by atoms with Crippen LogP contribution in [0.3, 0.4) is 0 Å². The van der Waals surface area contributed by atoms with Gasteiger partial charge in [0.1, 0.15) is 5.69 Å². The van der Waals surface area contributed by atoms with Gasteiger partial charge < -0.3 is 9.88 Å². The Morgan fingerprint density at radius 3 is 2.62 bits per heavy atom. The fourth-order valence-electron chi connectivity index (χ4n) is 2.38. The fraction of sp³-hybridized carbons (Fsp3) is 0.118. The summed E-state index contributed by atoms with van der Waals surface area (Å²) in [5.74, 6) is -0.0740. The van der Waals surface area contributed by atoms with Gasteiger partial charge in [0.15, 0.2) is 0 Å². The second-order valence-electron chi connectivity index (χ2n) is 5.07. The number of halogens is 1. The van der Waals surface area contributed by atoms with E-state index in [4.69, 9.17) is 11.6 Å². The first-order valence-corrected chi connectivity index (χ1v) is 7.08. The average Bonchev–Trinajstić information content (AvgIpc) is 2.93. The predicted molar refractivity (Wildman–Crippen MR) is 85.5 cm³/mol. The quantitative estimate of drug-likeness (QED) is 0.776. The van der Waals surface area contributed by atoms with Crippen LogP contribution >= 0.6 is 11.6 Å². The van der Waals surface area contributed by atoms with E-state index in [-0.39, 0.29) is 5.91 Å². The number of hydrogen-bond acceptors (Lipinski definition) is 1. The molecule has 3 nitrogen and oxygen atoms in total. The second kappa shape index (κ2) is 5.62. The summed E-state index contributed by atoms with van der Waals surface area (Å²) in [6.07, 6.45) is 1.61. The van der Waals surface area contributed by atoms with Crippen molar-refractivity contribution in [1.29, 1.82) is 0 Å². The summed E-state index contributed by atoms with van der Waals surface area (Å²) in [7, 11) is 1.78. The molecular formula is C17H15ClN2O. The standard InChI is InChI=1S/C17H15ClN2O/c1-20(17(21)16-9-15(18)10-19-16)11-12-6-7-13-4-2-3-5-14(13)8-12/h2-10,19H,11H2,1H3. The lowest BCUT2D eigenvalue weighted by atomic mass is 10.1. The highest BCUT2D eigenvalue weighted by atomic mass is 35.5. The van der Waals surface area contributed by atoms with Gasteiger partial charge in [0, 0.05) is 19.8 Å². The van der Waals surface area contributed by atoms with Crippen LogP contribution in [0.4, 0.5) is 0 Å². The highest BCUT2D eigenvalue weighted by Gasteiger charge is 2.13. The average molecular weight is 299 g/mol. The number of amides is 1. The summed E-state index contributed by atoms with van der Waals surface area (Å²) in [5, 5.41) is 2.92. The van der Waals surface area contributed by atoms with Crippen LogP contribution in [0.25, 0.3) is 10.8 Å². The van der Waals surface area contributed by atoms with Gasteiger partial charge in [-0.15, -0.1) is 0 Å². The zero-order chi connectivity index (χ0) is 14.8. The van der Waals surface area contributed by atoms with Crippen molar-refractivity contribution < 1.29 is 4.79 Å². The highest BCUT2D eigenvalue weighted by Crippen LogP contribution is 2.17. The minimum Gasteiger partial charge on any atom is -0.356 e. The van der Waals surface area contributed by atoms with Crippen molar-refractivity contribution >= 4 is 28.3 Å². The normalized spacial score (nSPS) is 10.8. The third kappa shape index (κ3) is 2.93. The minimum absolute atomic E-state index is 0.0740. The topological polar surface area (TPSA) is 36.1 Å². The summed E-state index contributed by atoms with van der Waals surface area (Å²) >= 11 is 5.83. The highest BCUT2D eigenvalue weighted by molar-refractivity contribution is 6.30. The molecule has 0 saturated carbocycles. The molecule has 1 amide bonds. The van der Waals surface area contributed by atoms with Crippen LogP contribution < -0.4 is 0 Å². The SMILES string of the molecule is CN(Cc1ccc2ccccc2c1)C(=O)c1cc(Cl)c[nH]1. The second-order valence-corrected chi connectivity index (χ2v) is 5.51. The molecule has 3 aromatic rings. The van der Waals surface area contributed by atoms with E-state index in [1.54, 1.807) is 24.2 Å². The number of carbonyl (C=O) groups is 1. The first-order valence-electron chi connectivity index (χ1n) is 6.70. The van der Waals surface area contributed by atoms with Crippen molar-refractivity contribution in [3.8, 4) is 0 Å². The molecule has 0 fully saturated rings. The number of benzene rings is 2. The van der Waals surface area contributed by atoms with Crippen molar-refractivity contribution in [3.63, 3.8) is 0 Å². The molecule has 3 rings (SSSR count). The lowest BCUT2D eigenvalue weighted by Gasteiger charge is -2.16.